The first kappa shape index (κ1) is 15.1. The fourth-order valence-corrected chi connectivity index (χ4v) is 2.02. The summed E-state index contributed by atoms with van der Waals surface area (Å²) in [6.07, 6.45) is 0.679. The number of carbonyl (C=O) groups is 1. The molecule has 0 aliphatic rings. The van der Waals surface area contributed by atoms with Gasteiger partial charge in [0.1, 0.15) is 0 Å². The molecule has 0 saturated carbocycles. The van der Waals surface area contributed by atoms with Crippen LogP contribution in [0.4, 0.5) is 0 Å². The van der Waals surface area contributed by atoms with Crippen molar-refractivity contribution in [2.45, 2.75) is 6.42 Å². The van der Waals surface area contributed by atoms with Crippen molar-refractivity contribution in [3.63, 3.8) is 0 Å². The highest BCUT2D eigenvalue weighted by atomic mass is 79.9. The molecule has 0 atom stereocenters. The maximum absolute atomic E-state index is 11.1. The number of methoxy groups -OCH3 is 2. The molecule has 0 unspecified atom stereocenters. The number of ether oxygens (including phenoxy) is 2. The maximum atomic E-state index is 11.1. The lowest BCUT2D eigenvalue weighted by atomic mass is 10.1. The summed E-state index contributed by atoms with van der Waals surface area (Å²) in [4.78, 5) is 11.1. The van der Waals surface area contributed by atoms with Gasteiger partial charge in [0.05, 0.1) is 24.6 Å². The fourth-order valence-electron chi connectivity index (χ4n) is 1.51. The molecule has 100 valence electrons. The second-order valence-corrected chi connectivity index (χ2v) is 4.51. The maximum Gasteiger partial charge on any atom is 0.230 e. The average molecular weight is 337 g/mol. The highest BCUT2D eigenvalue weighted by Gasteiger charge is 2.10. The predicted octanol–water partition coefficient (Wildman–Crippen LogP) is 2.41. The van der Waals surface area contributed by atoms with Crippen LogP contribution in [0.1, 0.15) is 5.56 Å². The van der Waals surface area contributed by atoms with Crippen molar-refractivity contribution >= 4 is 33.4 Å². The number of hydrogen-bond donors (Lipinski definition) is 1. The second-order valence-electron chi connectivity index (χ2n) is 3.55. The Kier molecular flexibility index (Phi) is 6.29. The molecule has 6 heteroatoms. The number of hydrogen-bond acceptors (Lipinski definition) is 3. The Morgan fingerprint density at radius 3 is 2.67 bits per heavy atom. The van der Waals surface area contributed by atoms with Gasteiger partial charge >= 0.3 is 0 Å². The highest BCUT2D eigenvalue weighted by Crippen LogP contribution is 2.35. The number of amides is 1. The summed E-state index contributed by atoms with van der Waals surface area (Å²) in [7, 11) is 3.10. The molecule has 0 aromatic heterocycles. The summed E-state index contributed by atoms with van der Waals surface area (Å²) >= 11 is 9.17. The van der Waals surface area contributed by atoms with Crippen molar-refractivity contribution in [2.24, 2.45) is 0 Å². The summed E-state index contributed by atoms with van der Waals surface area (Å²) in [5, 5.41) is 3.57. The monoisotopic (exact) mass is 335 g/mol. The molecular formula is C12H15BrClNO3. The summed E-state index contributed by atoms with van der Waals surface area (Å²) in [6, 6.07) is 3.66. The van der Waals surface area contributed by atoms with Gasteiger partial charge in [-0.3, -0.25) is 4.79 Å². The minimum absolute atomic E-state index is 0.0402. The van der Waals surface area contributed by atoms with Crippen molar-refractivity contribution < 1.29 is 14.3 Å². The molecule has 0 aliphatic heterocycles. The van der Waals surface area contributed by atoms with Gasteiger partial charge in [-0.25, -0.2) is 0 Å². The van der Waals surface area contributed by atoms with Gasteiger partial charge < -0.3 is 14.8 Å². The molecule has 0 radical (unpaired) electrons. The van der Waals surface area contributed by atoms with E-state index in [1.165, 1.54) is 0 Å². The van der Waals surface area contributed by atoms with Crippen LogP contribution in [0, 0.1) is 0 Å². The molecule has 0 aliphatic carbocycles. The molecule has 0 bridgehead atoms. The van der Waals surface area contributed by atoms with E-state index in [1.54, 1.807) is 14.2 Å². The van der Waals surface area contributed by atoms with Crippen molar-refractivity contribution in [1.29, 1.82) is 0 Å². The van der Waals surface area contributed by atoms with Crippen LogP contribution >= 0.6 is 27.5 Å². The fraction of sp³-hybridized carbons (Fsp3) is 0.417. The standard InChI is InChI=1S/C12H15BrClNO3/c1-17-10-6-8(3-4-15-11(16)7-13)5-9(14)12(10)18-2/h5-6H,3-4,7H2,1-2H3,(H,15,16). The highest BCUT2D eigenvalue weighted by molar-refractivity contribution is 9.09. The van der Waals surface area contributed by atoms with Gasteiger partial charge in [-0.2, -0.15) is 0 Å². The summed E-state index contributed by atoms with van der Waals surface area (Å²) in [6.45, 7) is 0.552. The van der Waals surface area contributed by atoms with E-state index in [4.69, 9.17) is 21.1 Å². The van der Waals surface area contributed by atoms with Crippen LogP contribution < -0.4 is 14.8 Å². The zero-order valence-corrected chi connectivity index (χ0v) is 12.6. The van der Waals surface area contributed by atoms with E-state index in [2.05, 4.69) is 21.2 Å². The van der Waals surface area contributed by atoms with Gasteiger partial charge in [0.15, 0.2) is 11.5 Å². The molecule has 1 rings (SSSR count). The van der Waals surface area contributed by atoms with Crippen LogP contribution in [-0.4, -0.2) is 32.0 Å². The van der Waals surface area contributed by atoms with Crippen LogP contribution in [0.2, 0.25) is 5.02 Å². The number of nitrogens with one attached hydrogen (secondary N) is 1. The van der Waals surface area contributed by atoms with Crippen LogP contribution in [0.15, 0.2) is 12.1 Å². The van der Waals surface area contributed by atoms with Crippen LogP contribution in [0.25, 0.3) is 0 Å². The third kappa shape index (κ3) is 4.07. The molecule has 0 heterocycles. The first-order valence-corrected chi connectivity index (χ1v) is 6.85. The van der Waals surface area contributed by atoms with E-state index in [9.17, 15) is 4.79 Å². The van der Waals surface area contributed by atoms with Crippen LogP contribution in [0.5, 0.6) is 11.5 Å². The molecule has 1 aromatic rings. The lowest BCUT2D eigenvalue weighted by Gasteiger charge is -2.12. The van der Waals surface area contributed by atoms with E-state index in [0.717, 1.165) is 5.56 Å². The van der Waals surface area contributed by atoms with Gasteiger partial charge in [0, 0.05) is 6.54 Å². The number of carbonyl (C=O) groups excluding carboxylic acids is 1. The Hall–Kier alpha value is -0.940. The third-order valence-corrected chi connectivity index (χ3v) is 3.14. The second kappa shape index (κ2) is 7.48. The third-order valence-electron chi connectivity index (χ3n) is 2.35. The summed E-state index contributed by atoms with van der Waals surface area (Å²) in [5.41, 5.74) is 0.979. The lowest BCUT2D eigenvalue weighted by Crippen LogP contribution is -2.26. The number of rotatable bonds is 6. The van der Waals surface area contributed by atoms with E-state index < -0.39 is 0 Å². The topological polar surface area (TPSA) is 47.6 Å². The van der Waals surface area contributed by atoms with E-state index >= 15 is 0 Å². The van der Waals surface area contributed by atoms with E-state index in [-0.39, 0.29) is 5.91 Å². The first-order valence-electron chi connectivity index (χ1n) is 5.35. The average Bonchev–Trinajstić information content (AvgIpc) is 2.37. The van der Waals surface area contributed by atoms with Gasteiger partial charge in [-0.05, 0) is 24.1 Å². The van der Waals surface area contributed by atoms with Crippen molar-refractivity contribution in [3.8, 4) is 11.5 Å². The molecule has 0 fully saturated rings. The minimum Gasteiger partial charge on any atom is -0.493 e. The smallest absolute Gasteiger partial charge is 0.230 e. The Balaban J connectivity index is 2.72. The van der Waals surface area contributed by atoms with Gasteiger partial charge in [-0.15, -0.1) is 0 Å². The van der Waals surface area contributed by atoms with Gasteiger partial charge in [-0.1, -0.05) is 27.5 Å². The molecule has 1 amide bonds. The molecular weight excluding hydrogens is 321 g/mol. The molecule has 18 heavy (non-hydrogen) atoms. The normalized spacial score (nSPS) is 10.0. The quantitative estimate of drug-likeness (QED) is 0.812. The number of alkyl halides is 1. The predicted molar refractivity (Wildman–Crippen MR) is 75.1 cm³/mol. The Bertz CT molecular complexity index is 426. The van der Waals surface area contributed by atoms with Crippen molar-refractivity contribution in [1.82, 2.24) is 5.32 Å². The molecule has 0 saturated heterocycles. The zero-order chi connectivity index (χ0) is 13.5. The molecule has 1 N–H and O–H groups in total. The van der Waals surface area contributed by atoms with E-state index in [1.807, 2.05) is 12.1 Å². The Morgan fingerprint density at radius 2 is 2.11 bits per heavy atom. The lowest BCUT2D eigenvalue weighted by molar-refractivity contribution is -0.118. The largest absolute Gasteiger partial charge is 0.493 e. The number of benzene rings is 1. The Morgan fingerprint density at radius 1 is 1.39 bits per heavy atom. The number of halogens is 2. The Labute approximate surface area is 120 Å². The van der Waals surface area contributed by atoms with Crippen molar-refractivity contribution in [3.05, 3.63) is 22.7 Å². The molecule has 1 aromatic carbocycles. The molecule has 0 spiro atoms. The van der Waals surface area contributed by atoms with Crippen LogP contribution in [0.3, 0.4) is 0 Å². The zero-order valence-electron chi connectivity index (χ0n) is 10.3. The van der Waals surface area contributed by atoms with Gasteiger partial charge in [0.2, 0.25) is 5.91 Å². The molecule has 4 nitrogen and oxygen atoms in total. The SMILES string of the molecule is COc1cc(CCNC(=O)CBr)cc(Cl)c1OC. The summed E-state index contributed by atoms with van der Waals surface area (Å²) in [5.74, 6) is 1.07. The first-order chi connectivity index (χ1) is 8.62. The van der Waals surface area contributed by atoms with E-state index in [0.29, 0.717) is 34.8 Å². The summed E-state index contributed by atoms with van der Waals surface area (Å²) < 4.78 is 10.4. The minimum atomic E-state index is -0.0402. The van der Waals surface area contributed by atoms with Crippen molar-refractivity contribution in [2.75, 3.05) is 26.1 Å². The van der Waals surface area contributed by atoms with Crippen LogP contribution in [-0.2, 0) is 11.2 Å². The van der Waals surface area contributed by atoms with Gasteiger partial charge in [0.25, 0.3) is 0 Å².